The third kappa shape index (κ3) is 3.28. The largest absolute Gasteiger partial charge is 0.478 e. The number of hydrogen-bond acceptors (Lipinski definition) is 5. The second kappa shape index (κ2) is 6.89. The van der Waals surface area contributed by atoms with Crippen LogP contribution in [-0.2, 0) is 13.6 Å². The summed E-state index contributed by atoms with van der Waals surface area (Å²) < 4.78 is 7.59. The summed E-state index contributed by atoms with van der Waals surface area (Å²) in [6.45, 7) is 6.31. The van der Waals surface area contributed by atoms with Crippen molar-refractivity contribution in [1.82, 2.24) is 24.8 Å². The number of ether oxygens (including phenoxy) is 1. The Hall–Kier alpha value is -1.92. The van der Waals surface area contributed by atoms with Crippen molar-refractivity contribution in [2.24, 2.45) is 7.05 Å². The summed E-state index contributed by atoms with van der Waals surface area (Å²) in [6, 6.07) is 6.23. The second-order valence-electron chi connectivity index (χ2n) is 5.49. The third-order valence-electron chi connectivity index (χ3n) is 3.95. The van der Waals surface area contributed by atoms with Crippen LogP contribution in [-0.4, -0.2) is 45.7 Å². The fraction of sp³-hybridized carbons (Fsp3) is 0.500. The monoisotopic (exact) mass is 301 g/mol. The predicted octanol–water partition coefficient (Wildman–Crippen LogP) is 1.36. The highest BCUT2D eigenvalue weighted by molar-refractivity contribution is 5.16. The van der Waals surface area contributed by atoms with Gasteiger partial charge in [0.2, 0.25) is 5.88 Å². The fourth-order valence-electron chi connectivity index (χ4n) is 2.87. The average molecular weight is 301 g/mol. The third-order valence-corrected chi connectivity index (χ3v) is 3.95. The summed E-state index contributed by atoms with van der Waals surface area (Å²) in [6.07, 6.45) is 3.85. The first-order chi connectivity index (χ1) is 10.8. The Labute approximate surface area is 131 Å². The molecule has 2 aromatic heterocycles. The molecule has 1 atom stereocenters. The summed E-state index contributed by atoms with van der Waals surface area (Å²) >= 11 is 0. The lowest BCUT2D eigenvalue weighted by Crippen LogP contribution is -2.46. The number of imidazole rings is 1. The van der Waals surface area contributed by atoms with Crippen molar-refractivity contribution < 1.29 is 4.74 Å². The van der Waals surface area contributed by atoms with E-state index in [4.69, 9.17) is 4.74 Å². The zero-order valence-corrected chi connectivity index (χ0v) is 13.2. The van der Waals surface area contributed by atoms with Crippen molar-refractivity contribution in [3.05, 3.63) is 42.1 Å². The molecule has 1 N–H and O–H groups in total. The molecular weight excluding hydrogens is 278 g/mol. The number of piperazine rings is 1. The molecule has 6 nitrogen and oxygen atoms in total. The highest BCUT2D eigenvalue weighted by Crippen LogP contribution is 2.22. The van der Waals surface area contributed by atoms with Crippen molar-refractivity contribution in [3.8, 4) is 5.88 Å². The van der Waals surface area contributed by atoms with E-state index in [0.29, 0.717) is 12.5 Å². The van der Waals surface area contributed by atoms with Gasteiger partial charge in [0.1, 0.15) is 5.82 Å². The molecule has 1 aliphatic rings. The molecule has 0 saturated carbocycles. The number of rotatable bonds is 5. The molecule has 1 saturated heterocycles. The summed E-state index contributed by atoms with van der Waals surface area (Å²) in [5, 5.41) is 3.46. The van der Waals surface area contributed by atoms with Crippen LogP contribution in [0.1, 0.15) is 24.5 Å². The molecule has 1 fully saturated rings. The molecule has 22 heavy (non-hydrogen) atoms. The molecular formula is C16H23N5O. The molecule has 0 bridgehead atoms. The van der Waals surface area contributed by atoms with E-state index in [0.717, 1.165) is 37.7 Å². The van der Waals surface area contributed by atoms with Crippen molar-refractivity contribution in [2.45, 2.75) is 19.5 Å². The first-order valence-corrected chi connectivity index (χ1v) is 7.78. The summed E-state index contributed by atoms with van der Waals surface area (Å²) in [7, 11) is 2.04. The van der Waals surface area contributed by atoms with Gasteiger partial charge in [-0.3, -0.25) is 4.90 Å². The highest BCUT2D eigenvalue weighted by Gasteiger charge is 2.27. The minimum atomic E-state index is 0.270. The Morgan fingerprint density at radius 2 is 2.32 bits per heavy atom. The Kier molecular flexibility index (Phi) is 4.70. The van der Waals surface area contributed by atoms with Gasteiger partial charge in [0.05, 0.1) is 18.3 Å². The lowest BCUT2D eigenvalue weighted by molar-refractivity contribution is 0.142. The Morgan fingerprint density at radius 3 is 3.09 bits per heavy atom. The van der Waals surface area contributed by atoms with Gasteiger partial charge in [0.25, 0.3) is 0 Å². The SMILES string of the molecule is CCOc1cccc(CN2CCNCC2c2nccn2C)n1. The molecule has 1 unspecified atom stereocenters. The normalized spacial score (nSPS) is 19.3. The standard InChI is InChI=1S/C16H23N5O/c1-3-22-15-6-4-5-13(19-15)12-21-10-7-17-11-14(21)16-18-8-9-20(16)2/h4-6,8-9,14,17H,3,7,10-12H2,1-2H3. The van der Waals surface area contributed by atoms with Crippen LogP contribution >= 0.6 is 0 Å². The number of nitrogens with one attached hydrogen (secondary N) is 1. The van der Waals surface area contributed by atoms with Crippen LogP contribution in [0, 0.1) is 0 Å². The van der Waals surface area contributed by atoms with Gasteiger partial charge in [-0.15, -0.1) is 0 Å². The molecule has 0 aromatic carbocycles. The van der Waals surface area contributed by atoms with E-state index in [2.05, 4.69) is 30.8 Å². The second-order valence-corrected chi connectivity index (χ2v) is 5.49. The molecule has 0 aliphatic carbocycles. The molecule has 3 rings (SSSR count). The van der Waals surface area contributed by atoms with Gasteiger partial charge < -0.3 is 14.6 Å². The average Bonchev–Trinajstić information content (AvgIpc) is 2.95. The molecule has 2 aromatic rings. The van der Waals surface area contributed by atoms with Crippen molar-refractivity contribution in [1.29, 1.82) is 0 Å². The maximum Gasteiger partial charge on any atom is 0.213 e. The lowest BCUT2D eigenvalue weighted by atomic mass is 10.1. The molecule has 1 aliphatic heterocycles. The minimum absolute atomic E-state index is 0.270. The number of hydrogen-bond donors (Lipinski definition) is 1. The summed E-state index contributed by atoms with van der Waals surface area (Å²) in [5.74, 6) is 1.79. The van der Waals surface area contributed by atoms with Crippen LogP contribution in [0.4, 0.5) is 0 Å². The number of nitrogens with zero attached hydrogens (tertiary/aromatic N) is 4. The van der Waals surface area contributed by atoms with Crippen LogP contribution < -0.4 is 10.1 Å². The van der Waals surface area contributed by atoms with Crippen LogP contribution in [0.5, 0.6) is 5.88 Å². The van der Waals surface area contributed by atoms with E-state index in [1.54, 1.807) is 0 Å². The van der Waals surface area contributed by atoms with E-state index in [-0.39, 0.29) is 6.04 Å². The molecule has 6 heteroatoms. The first kappa shape index (κ1) is 15.0. The van der Waals surface area contributed by atoms with Gasteiger partial charge in [-0.25, -0.2) is 9.97 Å². The Bertz CT molecular complexity index is 612. The fourth-order valence-corrected chi connectivity index (χ4v) is 2.87. The van der Waals surface area contributed by atoms with Crippen LogP contribution in [0.25, 0.3) is 0 Å². The summed E-state index contributed by atoms with van der Waals surface area (Å²) in [4.78, 5) is 11.5. The quantitative estimate of drug-likeness (QED) is 0.904. The molecule has 0 radical (unpaired) electrons. The Morgan fingerprint density at radius 1 is 1.41 bits per heavy atom. The van der Waals surface area contributed by atoms with E-state index in [1.807, 2.05) is 38.5 Å². The molecule has 3 heterocycles. The Balaban J connectivity index is 1.77. The molecule has 118 valence electrons. The highest BCUT2D eigenvalue weighted by atomic mass is 16.5. The van der Waals surface area contributed by atoms with E-state index >= 15 is 0 Å². The van der Waals surface area contributed by atoms with Gasteiger partial charge in [-0.1, -0.05) is 6.07 Å². The topological polar surface area (TPSA) is 55.2 Å². The number of aromatic nitrogens is 3. The van der Waals surface area contributed by atoms with E-state index in [9.17, 15) is 0 Å². The van der Waals surface area contributed by atoms with Crippen LogP contribution in [0.2, 0.25) is 0 Å². The maximum atomic E-state index is 5.50. The number of aryl methyl sites for hydroxylation is 1. The van der Waals surface area contributed by atoms with Crippen molar-refractivity contribution in [3.63, 3.8) is 0 Å². The predicted molar refractivity (Wildman–Crippen MR) is 84.6 cm³/mol. The number of pyridine rings is 1. The molecule has 0 spiro atoms. The van der Waals surface area contributed by atoms with Gasteiger partial charge in [-0.05, 0) is 13.0 Å². The first-order valence-electron chi connectivity index (χ1n) is 7.78. The van der Waals surface area contributed by atoms with Gasteiger partial charge in [0.15, 0.2) is 0 Å². The van der Waals surface area contributed by atoms with Gasteiger partial charge in [0, 0.05) is 51.7 Å². The smallest absolute Gasteiger partial charge is 0.213 e. The van der Waals surface area contributed by atoms with Gasteiger partial charge >= 0.3 is 0 Å². The van der Waals surface area contributed by atoms with Crippen LogP contribution in [0.15, 0.2) is 30.6 Å². The lowest BCUT2D eigenvalue weighted by Gasteiger charge is -2.35. The summed E-state index contributed by atoms with van der Waals surface area (Å²) in [5.41, 5.74) is 1.03. The van der Waals surface area contributed by atoms with E-state index in [1.165, 1.54) is 0 Å². The van der Waals surface area contributed by atoms with Crippen LogP contribution in [0.3, 0.4) is 0 Å². The zero-order chi connectivity index (χ0) is 15.4. The minimum Gasteiger partial charge on any atom is -0.478 e. The van der Waals surface area contributed by atoms with Gasteiger partial charge in [-0.2, -0.15) is 0 Å². The molecule has 0 amide bonds. The zero-order valence-electron chi connectivity index (χ0n) is 13.2. The van der Waals surface area contributed by atoms with E-state index < -0.39 is 0 Å². The van der Waals surface area contributed by atoms with Crippen molar-refractivity contribution in [2.75, 3.05) is 26.2 Å². The van der Waals surface area contributed by atoms with Crippen molar-refractivity contribution >= 4 is 0 Å². The maximum absolute atomic E-state index is 5.50.